The summed E-state index contributed by atoms with van der Waals surface area (Å²) in [5.41, 5.74) is 0. The highest BCUT2D eigenvalue weighted by molar-refractivity contribution is 7.19. The molecule has 0 atom stereocenters. The first-order valence-electron chi connectivity index (χ1n) is 7.16. The summed E-state index contributed by atoms with van der Waals surface area (Å²) in [6.45, 7) is 6.69. The first-order chi connectivity index (χ1) is 8.58. The standard InChI is InChI=1S/C15H26OSSi/c1-4-5-6-7-8-9-13-18(2,3)15(16)14-11-10-12-17-14/h10-12H,4-9,13H2,1-3H3. The van der Waals surface area contributed by atoms with E-state index in [4.69, 9.17) is 0 Å². The van der Waals surface area contributed by atoms with Crippen molar-refractivity contribution in [3.8, 4) is 0 Å². The Morgan fingerprint density at radius 2 is 1.83 bits per heavy atom. The number of hydrogen-bond acceptors (Lipinski definition) is 2. The number of carbonyl (C=O) groups is 1. The predicted molar refractivity (Wildman–Crippen MR) is 84.3 cm³/mol. The minimum atomic E-state index is -1.71. The average Bonchev–Trinajstić information content (AvgIpc) is 2.86. The van der Waals surface area contributed by atoms with Gasteiger partial charge in [-0.25, -0.2) is 0 Å². The van der Waals surface area contributed by atoms with Crippen molar-refractivity contribution >= 4 is 24.8 Å². The molecule has 0 unspecified atom stereocenters. The Kier molecular flexibility index (Phi) is 6.86. The summed E-state index contributed by atoms with van der Waals surface area (Å²) in [6, 6.07) is 5.10. The molecular weight excluding hydrogens is 256 g/mol. The van der Waals surface area contributed by atoms with Gasteiger partial charge in [0.15, 0.2) is 0 Å². The maximum atomic E-state index is 12.4. The van der Waals surface area contributed by atoms with Crippen molar-refractivity contribution in [2.24, 2.45) is 0 Å². The zero-order valence-corrected chi connectivity index (χ0v) is 13.8. The molecular formula is C15H26OSSi. The maximum absolute atomic E-state index is 12.4. The fourth-order valence-corrected chi connectivity index (χ4v) is 5.89. The van der Waals surface area contributed by atoms with Gasteiger partial charge in [-0.15, -0.1) is 11.3 Å². The van der Waals surface area contributed by atoms with Gasteiger partial charge in [0.2, 0.25) is 0 Å². The normalized spacial score (nSPS) is 11.7. The lowest BCUT2D eigenvalue weighted by molar-refractivity contribution is 0.107. The van der Waals surface area contributed by atoms with Crippen molar-refractivity contribution in [1.29, 1.82) is 0 Å². The minimum Gasteiger partial charge on any atom is -0.299 e. The number of rotatable bonds is 9. The van der Waals surface area contributed by atoms with Crippen LogP contribution in [0.1, 0.15) is 55.1 Å². The fraction of sp³-hybridized carbons (Fsp3) is 0.667. The highest BCUT2D eigenvalue weighted by Crippen LogP contribution is 2.23. The van der Waals surface area contributed by atoms with E-state index in [0.717, 1.165) is 10.9 Å². The first kappa shape index (κ1) is 15.6. The summed E-state index contributed by atoms with van der Waals surface area (Å²) in [5, 5.41) is 2.45. The van der Waals surface area contributed by atoms with Crippen molar-refractivity contribution in [2.75, 3.05) is 0 Å². The van der Waals surface area contributed by atoms with Gasteiger partial charge < -0.3 is 0 Å². The summed E-state index contributed by atoms with van der Waals surface area (Å²) in [7, 11) is -1.71. The molecule has 0 N–H and O–H groups in total. The Morgan fingerprint density at radius 3 is 2.44 bits per heavy atom. The zero-order chi connectivity index (χ0) is 13.4. The molecule has 102 valence electrons. The van der Waals surface area contributed by atoms with Crippen molar-refractivity contribution < 1.29 is 4.79 Å². The summed E-state index contributed by atoms with van der Waals surface area (Å²) < 4.78 is 0. The summed E-state index contributed by atoms with van der Waals surface area (Å²) >= 11 is 1.59. The van der Waals surface area contributed by atoms with E-state index in [1.165, 1.54) is 38.5 Å². The Hall–Kier alpha value is -0.413. The van der Waals surface area contributed by atoms with Gasteiger partial charge in [0.25, 0.3) is 0 Å². The fourth-order valence-electron chi connectivity index (χ4n) is 2.20. The molecule has 1 aromatic heterocycles. The molecule has 1 heterocycles. The van der Waals surface area contributed by atoms with Gasteiger partial charge in [-0.05, 0) is 11.4 Å². The maximum Gasteiger partial charge on any atom is 0.149 e. The van der Waals surface area contributed by atoms with E-state index in [1.54, 1.807) is 11.3 Å². The molecule has 0 aliphatic heterocycles. The van der Waals surface area contributed by atoms with Crippen LogP contribution in [-0.4, -0.2) is 13.5 Å². The lowest BCUT2D eigenvalue weighted by Crippen LogP contribution is -2.36. The topological polar surface area (TPSA) is 17.1 Å². The quantitative estimate of drug-likeness (QED) is 0.429. The van der Waals surface area contributed by atoms with Crippen LogP contribution in [0.15, 0.2) is 17.5 Å². The van der Waals surface area contributed by atoms with E-state index in [2.05, 4.69) is 20.0 Å². The van der Waals surface area contributed by atoms with Crippen LogP contribution in [0.2, 0.25) is 19.1 Å². The predicted octanol–water partition coefficient (Wildman–Crippen LogP) is 5.54. The van der Waals surface area contributed by atoms with E-state index >= 15 is 0 Å². The number of thiophene rings is 1. The lowest BCUT2D eigenvalue weighted by Gasteiger charge is -2.19. The van der Waals surface area contributed by atoms with Crippen LogP contribution in [0.4, 0.5) is 0 Å². The summed E-state index contributed by atoms with van der Waals surface area (Å²) in [6.07, 6.45) is 7.89. The molecule has 0 aliphatic carbocycles. The van der Waals surface area contributed by atoms with E-state index in [1.807, 2.05) is 17.5 Å². The third-order valence-corrected chi connectivity index (χ3v) is 7.67. The smallest absolute Gasteiger partial charge is 0.149 e. The number of hydrogen-bond donors (Lipinski definition) is 0. The van der Waals surface area contributed by atoms with Gasteiger partial charge in [-0.3, -0.25) is 4.79 Å². The monoisotopic (exact) mass is 282 g/mol. The Morgan fingerprint density at radius 1 is 1.17 bits per heavy atom. The molecule has 0 fully saturated rings. The summed E-state index contributed by atoms with van der Waals surface area (Å²) in [5.74, 6) is 0. The molecule has 0 spiro atoms. The van der Waals surface area contributed by atoms with Crippen LogP contribution < -0.4 is 0 Å². The molecule has 0 radical (unpaired) electrons. The second kappa shape index (κ2) is 7.90. The molecule has 3 heteroatoms. The van der Waals surface area contributed by atoms with Crippen molar-refractivity contribution in [3.05, 3.63) is 22.4 Å². The van der Waals surface area contributed by atoms with Gasteiger partial charge >= 0.3 is 0 Å². The van der Waals surface area contributed by atoms with Crippen LogP contribution in [-0.2, 0) is 0 Å². The molecule has 0 aliphatic rings. The largest absolute Gasteiger partial charge is 0.299 e. The van der Waals surface area contributed by atoms with E-state index in [0.29, 0.717) is 5.41 Å². The summed E-state index contributed by atoms with van der Waals surface area (Å²) in [4.78, 5) is 13.3. The highest BCUT2D eigenvalue weighted by Gasteiger charge is 2.31. The Bertz CT molecular complexity index is 343. The Labute approximate surface area is 117 Å². The minimum absolute atomic E-state index is 0.450. The average molecular weight is 283 g/mol. The van der Waals surface area contributed by atoms with Gasteiger partial charge in [0.1, 0.15) is 13.5 Å². The molecule has 1 aromatic rings. The van der Waals surface area contributed by atoms with Crippen LogP contribution in [0, 0.1) is 0 Å². The molecule has 0 amide bonds. The molecule has 1 rings (SSSR count). The van der Waals surface area contributed by atoms with Crippen molar-refractivity contribution in [3.63, 3.8) is 0 Å². The molecule has 18 heavy (non-hydrogen) atoms. The number of unbranched alkanes of at least 4 members (excludes halogenated alkanes) is 5. The van der Waals surface area contributed by atoms with Crippen LogP contribution in [0.5, 0.6) is 0 Å². The van der Waals surface area contributed by atoms with Gasteiger partial charge in [0.05, 0.1) is 4.88 Å². The first-order valence-corrected chi connectivity index (χ1v) is 11.2. The zero-order valence-electron chi connectivity index (χ0n) is 12.0. The van der Waals surface area contributed by atoms with E-state index in [-0.39, 0.29) is 0 Å². The highest BCUT2D eigenvalue weighted by atomic mass is 32.1. The second-order valence-corrected chi connectivity index (χ2v) is 11.4. The third kappa shape index (κ3) is 5.07. The molecule has 1 nitrogen and oxygen atoms in total. The van der Waals surface area contributed by atoms with Crippen molar-refractivity contribution in [2.45, 2.75) is 64.6 Å². The third-order valence-electron chi connectivity index (χ3n) is 3.51. The van der Waals surface area contributed by atoms with Gasteiger partial charge in [0, 0.05) is 0 Å². The second-order valence-electron chi connectivity index (χ2n) is 5.71. The molecule has 0 saturated heterocycles. The van der Waals surface area contributed by atoms with E-state index < -0.39 is 8.07 Å². The SMILES string of the molecule is CCCCCCCC[Si](C)(C)C(=O)c1cccs1. The lowest BCUT2D eigenvalue weighted by atomic mass is 10.1. The van der Waals surface area contributed by atoms with Crippen LogP contribution in [0.3, 0.4) is 0 Å². The van der Waals surface area contributed by atoms with E-state index in [9.17, 15) is 4.79 Å². The van der Waals surface area contributed by atoms with Crippen molar-refractivity contribution in [1.82, 2.24) is 0 Å². The van der Waals surface area contributed by atoms with Crippen LogP contribution in [0.25, 0.3) is 0 Å². The van der Waals surface area contributed by atoms with Gasteiger partial charge in [-0.1, -0.05) is 70.7 Å². The van der Waals surface area contributed by atoms with Gasteiger partial charge in [-0.2, -0.15) is 0 Å². The molecule has 0 bridgehead atoms. The molecule has 0 aromatic carbocycles. The molecule has 0 saturated carbocycles. The number of carbonyl (C=O) groups excluding carboxylic acids is 1. The van der Waals surface area contributed by atoms with Crippen LogP contribution >= 0.6 is 11.3 Å². The Balaban J connectivity index is 2.29.